The lowest BCUT2D eigenvalue weighted by Crippen LogP contribution is -2.02. The van der Waals surface area contributed by atoms with Crippen LogP contribution in [0.2, 0.25) is 0 Å². The van der Waals surface area contributed by atoms with E-state index in [0.717, 1.165) is 28.2 Å². The maximum absolute atomic E-state index is 5.50. The van der Waals surface area contributed by atoms with Crippen molar-refractivity contribution in [3.05, 3.63) is 52.0 Å². The van der Waals surface area contributed by atoms with Gasteiger partial charge in [-0.1, -0.05) is 6.07 Å². The fraction of sp³-hybridized carbons (Fsp3) is 0.294. The molecule has 0 heterocycles. The average molecular weight is 350 g/mol. The molecule has 0 radical (unpaired) electrons. The van der Waals surface area contributed by atoms with Crippen molar-refractivity contribution in [2.75, 3.05) is 19.0 Å². The lowest BCUT2D eigenvalue weighted by atomic mass is 10.1. The van der Waals surface area contributed by atoms with Gasteiger partial charge in [0.05, 0.1) is 18.2 Å². The molecule has 3 nitrogen and oxygen atoms in total. The highest BCUT2D eigenvalue weighted by Gasteiger charge is 2.03. The van der Waals surface area contributed by atoms with Gasteiger partial charge in [-0.2, -0.15) is 0 Å². The Morgan fingerprint density at radius 2 is 1.95 bits per heavy atom. The summed E-state index contributed by atoms with van der Waals surface area (Å²) < 4.78 is 11.7. The monoisotopic (exact) mass is 349 g/mol. The van der Waals surface area contributed by atoms with Gasteiger partial charge in [-0.25, -0.2) is 0 Å². The molecule has 2 aromatic rings. The molecule has 0 amide bonds. The van der Waals surface area contributed by atoms with Crippen LogP contribution in [0.25, 0.3) is 0 Å². The number of methoxy groups -OCH3 is 1. The van der Waals surface area contributed by atoms with Crippen LogP contribution >= 0.6 is 15.9 Å². The predicted octanol–water partition coefficient (Wildman–Crippen LogP) is 4.78. The van der Waals surface area contributed by atoms with Crippen molar-refractivity contribution in [2.45, 2.75) is 20.4 Å². The summed E-state index contributed by atoms with van der Waals surface area (Å²) >= 11 is 3.51. The fourth-order valence-electron chi connectivity index (χ4n) is 2.11. The van der Waals surface area contributed by atoms with E-state index in [9.17, 15) is 0 Å². The first-order valence-corrected chi connectivity index (χ1v) is 7.73. The molecule has 0 atom stereocenters. The highest BCUT2D eigenvalue weighted by Crippen LogP contribution is 2.26. The fourth-order valence-corrected chi connectivity index (χ4v) is 2.70. The smallest absolute Gasteiger partial charge is 0.133 e. The summed E-state index contributed by atoms with van der Waals surface area (Å²) in [6.07, 6.45) is 0. The molecule has 0 spiro atoms. The molecular formula is C17H20BrNO2. The van der Waals surface area contributed by atoms with E-state index in [1.165, 1.54) is 11.1 Å². The number of hydrogen-bond donors (Lipinski definition) is 1. The zero-order valence-electron chi connectivity index (χ0n) is 12.6. The van der Waals surface area contributed by atoms with Crippen LogP contribution in [-0.4, -0.2) is 13.7 Å². The second-order valence-corrected chi connectivity index (χ2v) is 5.59. The summed E-state index contributed by atoms with van der Waals surface area (Å²) in [6, 6.07) is 12.2. The van der Waals surface area contributed by atoms with Crippen LogP contribution in [-0.2, 0) is 6.54 Å². The SMILES string of the molecule is CCOc1ccc(NCc2ccc(OC)c(Br)c2)c(C)c1. The second kappa shape index (κ2) is 7.36. The van der Waals surface area contributed by atoms with Gasteiger partial charge in [-0.3, -0.25) is 0 Å². The number of benzene rings is 2. The molecule has 1 N–H and O–H groups in total. The third-order valence-electron chi connectivity index (χ3n) is 3.21. The van der Waals surface area contributed by atoms with Gasteiger partial charge in [0.25, 0.3) is 0 Å². The van der Waals surface area contributed by atoms with E-state index in [4.69, 9.17) is 9.47 Å². The van der Waals surface area contributed by atoms with Gasteiger partial charge in [-0.15, -0.1) is 0 Å². The van der Waals surface area contributed by atoms with Gasteiger partial charge in [-0.05, 0) is 71.2 Å². The first-order valence-electron chi connectivity index (χ1n) is 6.93. The number of halogens is 1. The third-order valence-corrected chi connectivity index (χ3v) is 3.83. The average Bonchev–Trinajstić information content (AvgIpc) is 2.47. The van der Waals surface area contributed by atoms with Gasteiger partial charge in [0, 0.05) is 12.2 Å². The highest BCUT2D eigenvalue weighted by molar-refractivity contribution is 9.10. The summed E-state index contributed by atoms with van der Waals surface area (Å²) in [7, 11) is 1.67. The lowest BCUT2D eigenvalue weighted by molar-refractivity contribution is 0.340. The summed E-state index contributed by atoms with van der Waals surface area (Å²) in [5, 5.41) is 3.45. The van der Waals surface area contributed by atoms with Gasteiger partial charge in [0.15, 0.2) is 0 Å². The maximum Gasteiger partial charge on any atom is 0.133 e. The minimum Gasteiger partial charge on any atom is -0.496 e. The molecule has 0 aromatic heterocycles. The first-order chi connectivity index (χ1) is 10.1. The summed E-state index contributed by atoms with van der Waals surface area (Å²) in [5.41, 5.74) is 3.48. The third kappa shape index (κ3) is 4.14. The minimum atomic E-state index is 0.687. The van der Waals surface area contributed by atoms with Gasteiger partial charge in [0.2, 0.25) is 0 Å². The maximum atomic E-state index is 5.50. The van der Waals surface area contributed by atoms with Gasteiger partial charge < -0.3 is 14.8 Å². The number of aryl methyl sites for hydroxylation is 1. The highest BCUT2D eigenvalue weighted by atomic mass is 79.9. The van der Waals surface area contributed by atoms with Crippen molar-refractivity contribution >= 4 is 21.6 Å². The van der Waals surface area contributed by atoms with E-state index in [0.29, 0.717) is 6.61 Å². The number of ether oxygens (including phenoxy) is 2. The Balaban J connectivity index is 2.04. The quantitative estimate of drug-likeness (QED) is 0.814. The molecule has 0 bridgehead atoms. The molecule has 0 aliphatic rings. The molecular weight excluding hydrogens is 330 g/mol. The van der Waals surface area contributed by atoms with E-state index in [2.05, 4.69) is 52.4 Å². The van der Waals surface area contributed by atoms with Crippen molar-refractivity contribution in [3.63, 3.8) is 0 Å². The van der Waals surface area contributed by atoms with Crippen molar-refractivity contribution < 1.29 is 9.47 Å². The Morgan fingerprint density at radius 1 is 1.14 bits per heavy atom. The Hall–Kier alpha value is -1.68. The summed E-state index contributed by atoms with van der Waals surface area (Å²) in [5.74, 6) is 1.75. The van der Waals surface area contributed by atoms with Crippen molar-refractivity contribution in [1.29, 1.82) is 0 Å². The van der Waals surface area contributed by atoms with Gasteiger partial charge >= 0.3 is 0 Å². The lowest BCUT2D eigenvalue weighted by Gasteiger charge is -2.12. The largest absolute Gasteiger partial charge is 0.496 e. The zero-order valence-corrected chi connectivity index (χ0v) is 14.2. The molecule has 112 valence electrons. The van der Waals surface area contributed by atoms with Crippen molar-refractivity contribution in [2.24, 2.45) is 0 Å². The molecule has 2 aromatic carbocycles. The van der Waals surface area contributed by atoms with Crippen molar-refractivity contribution in [3.8, 4) is 11.5 Å². The zero-order chi connectivity index (χ0) is 15.2. The topological polar surface area (TPSA) is 30.5 Å². The van der Waals surface area contributed by atoms with Gasteiger partial charge in [0.1, 0.15) is 11.5 Å². The first kappa shape index (κ1) is 15.7. The van der Waals surface area contributed by atoms with E-state index >= 15 is 0 Å². The molecule has 0 unspecified atom stereocenters. The Labute approximate surface area is 134 Å². The van der Waals surface area contributed by atoms with E-state index in [1.807, 2.05) is 19.1 Å². The Morgan fingerprint density at radius 3 is 2.57 bits per heavy atom. The van der Waals surface area contributed by atoms with Crippen LogP contribution in [0.5, 0.6) is 11.5 Å². The molecule has 2 rings (SSSR count). The van der Waals surface area contributed by atoms with Crippen LogP contribution in [0, 0.1) is 6.92 Å². The summed E-state index contributed by atoms with van der Waals surface area (Å²) in [4.78, 5) is 0. The van der Waals surface area contributed by atoms with Crippen LogP contribution in [0.4, 0.5) is 5.69 Å². The Bertz CT molecular complexity index is 614. The second-order valence-electron chi connectivity index (χ2n) is 4.73. The van der Waals surface area contributed by atoms with Crippen LogP contribution in [0.1, 0.15) is 18.1 Å². The standard InChI is InChI=1S/C17H20BrNO2/c1-4-21-14-6-7-16(12(2)9-14)19-11-13-5-8-17(20-3)15(18)10-13/h5-10,19H,4,11H2,1-3H3. The van der Waals surface area contributed by atoms with Crippen LogP contribution < -0.4 is 14.8 Å². The summed E-state index contributed by atoms with van der Waals surface area (Å²) in [6.45, 7) is 5.52. The molecule has 0 saturated heterocycles. The van der Waals surface area contributed by atoms with E-state index in [1.54, 1.807) is 7.11 Å². The predicted molar refractivity (Wildman–Crippen MR) is 90.4 cm³/mol. The molecule has 0 aliphatic carbocycles. The Kier molecular flexibility index (Phi) is 5.51. The number of rotatable bonds is 6. The molecule has 4 heteroatoms. The number of anilines is 1. The van der Waals surface area contributed by atoms with Crippen LogP contribution in [0.15, 0.2) is 40.9 Å². The number of hydrogen-bond acceptors (Lipinski definition) is 3. The normalized spacial score (nSPS) is 10.3. The molecule has 0 saturated carbocycles. The molecule has 0 fully saturated rings. The van der Waals surface area contributed by atoms with E-state index < -0.39 is 0 Å². The number of nitrogens with one attached hydrogen (secondary N) is 1. The minimum absolute atomic E-state index is 0.687. The van der Waals surface area contributed by atoms with Crippen molar-refractivity contribution in [1.82, 2.24) is 0 Å². The molecule has 0 aliphatic heterocycles. The van der Waals surface area contributed by atoms with Crippen LogP contribution in [0.3, 0.4) is 0 Å². The molecule has 21 heavy (non-hydrogen) atoms. The van der Waals surface area contributed by atoms with E-state index in [-0.39, 0.29) is 0 Å².